The number of nitrogens with one attached hydrogen (secondary N) is 1. The number of carbonyl (C=O) groups is 1. The van der Waals surface area contributed by atoms with E-state index >= 15 is 0 Å². The average Bonchev–Trinajstić information content (AvgIpc) is 2.76. The van der Waals surface area contributed by atoms with Crippen molar-refractivity contribution in [2.45, 2.75) is 18.9 Å². The van der Waals surface area contributed by atoms with E-state index in [4.69, 9.17) is 11.6 Å². The highest BCUT2D eigenvalue weighted by Gasteiger charge is 2.25. The Balaban J connectivity index is 1.89. The van der Waals surface area contributed by atoms with Crippen LogP contribution in [-0.2, 0) is 4.79 Å². The van der Waals surface area contributed by atoms with Gasteiger partial charge in [0.1, 0.15) is 0 Å². The summed E-state index contributed by atoms with van der Waals surface area (Å²) in [6, 6.07) is 7.20. The highest BCUT2D eigenvalue weighted by atomic mass is 35.5. The molecule has 1 aliphatic rings. The van der Waals surface area contributed by atoms with Crippen LogP contribution in [0.5, 0.6) is 0 Å². The molecular weight excluding hydrogens is 252 g/mol. The molecule has 0 spiro atoms. The summed E-state index contributed by atoms with van der Waals surface area (Å²) in [6.45, 7) is 1.30. The molecule has 0 bridgehead atoms. The summed E-state index contributed by atoms with van der Waals surface area (Å²) in [5, 5.41) is 12.6. The molecule has 0 aliphatic carbocycles. The molecule has 1 aromatic carbocycles. The van der Waals surface area contributed by atoms with Crippen molar-refractivity contribution in [1.29, 1.82) is 0 Å². The molecule has 1 fully saturated rings. The van der Waals surface area contributed by atoms with Crippen LogP contribution in [-0.4, -0.2) is 41.7 Å². The van der Waals surface area contributed by atoms with Crippen LogP contribution in [0.25, 0.3) is 0 Å². The summed E-state index contributed by atoms with van der Waals surface area (Å²) in [6.07, 6.45) is 2.00. The molecule has 0 saturated carbocycles. The lowest BCUT2D eigenvalue weighted by atomic mass is 10.2. The number of likely N-dealkylation sites (tertiary alicyclic amines) is 1. The normalized spacial score (nSPS) is 20.0. The largest absolute Gasteiger partial charge is 0.395 e. The fourth-order valence-corrected chi connectivity index (χ4v) is 2.45. The van der Waals surface area contributed by atoms with Crippen LogP contribution in [0.1, 0.15) is 12.8 Å². The molecule has 1 saturated heterocycles. The zero-order chi connectivity index (χ0) is 13.0. The zero-order valence-electron chi connectivity index (χ0n) is 10.1. The van der Waals surface area contributed by atoms with Gasteiger partial charge in [-0.25, -0.2) is 0 Å². The number of amides is 1. The number of benzene rings is 1. The van der Waals surface area contributed by atoms with E-state index in [0.29, 0.717) is 17.3 Å². The van der Waals surface area contributed by atoms with Gasteiger partial charge >= 0.3 is 0 Å². The van der Waals surface area contributed by atoms with Gasteiger partial charge in [-0.05, 0) is 37.6 Å². The van der Waals surface area contributed by atoms with E-state index in [-0.39, 0.29) is 18.6 Å². The number of anilines is 1. The molecule has 1 aromatic rings. The SMILES string of the molecule is O=C(CN1CCC[C@H]1CO)Nc1cccc(Cl)c1. The van der Waals surface area contributed by atoms with E-state index in [9.17, 15) is 9.90 Å². The number of carbonyl (C=O) groups excluding carboxylic acids is 1. The molecule has 5 heteroatoms. The Morgan fingerprint density at radius 1 is 1.56 bits per heavy atom. The first-order valence-corrected chi connectivity index (χ1v) is 6.47. The third kappa shape index (κ3) is 3.45. The lowest BCUT2D eigenvalue weighted by molar-refractivity contribution is -0.117. The maximum Gasteiger partial charge on any atom is 0.238 e. The summed E-state index contributed by atoms with van der Waals surface area (Å²) in [7, 11) is 0. The van der Waals surface area contributed by atoms with Gasteiger partial charge in [0.15, 0.2) is 0 Å². The quantitative estimate of drug-likeness (QED) is 0.875. The number of aliphatic hydroxyl groups is 1. The van der Waals surface area contributed by atoms with Crippen molar-refractivity contribution in [2.24, 2.45) is 0 Å². The fraction of sp³-hybridized carbons (Fsp3) is 0.462. The topological polar surface area (TPSA) is 52.6 Å². The van der Waals surface area contributed by atoms with Crippen molar-refractivity contribution in [3.63, 3.8) is 0 Å². The van der Waals surface area contributed by atoms with Gasteiger partial charge in [-0.2, -0.15) is 0 Å². The van der Waals surface area contributed by atoms with Gasteiger partial charge in [-0.15, -0.1) is 0 Å². The second kappa shape index (κ2) is 6.18. The van der Waals surface area contributed by atoms with Gasteiger partial charge < -0.3 is 10.4 Å². The number of rotatable bonds is 4. The number of aliphatic hydroxyl groups excluding tert-OH is 1. The van der Waals surface area contributed by atoms with Gasteiger partial charge in [0.2, 0.25) is 5.91 Å². The van der Waals surface area contributed by atoms with Gasteiger partial charge in [0.05, 0.1) is 13.2 Å². The minimum absolute atomic E-state index is 0.0717. The molecule has 18 heavy (non-hydrogen) atoms. The first-order valence-electron chi connectivity index (χ1n) is 6.09. The van der Waals surface area contributed by atoms with E-state index < -0.39 is 0 Å². The summed E-state index contributed by atoms with van der Waals surface area (Å²) in [5.41, 5.74) is 0.701. The van der Waals surface area contributed by atoms with Crippen LogP contribution in [0.15, 0.2) is 24.3 Å². The Kier molecular flexibility index (Phi) is 4.58. The molecule has 1 heterocycles. The number of hydrogen-bond acceptors (Lipinski definition) is 3. The van der Waals surface area contributed by atoms with Crippen LogP contribution in [0.2, 0.25) is 5.02 Å². The maximum absolute atomic E-state index is 11.9. The lowest BCUT2D eigenvalue weighted by Gasteiger charge is -2.21. The Labute approximate surface area is 112 Å². The molecule has 2 N–H and O–H groups in total. The second-order valence-corrected chi connectivity index (χ2v) is 4.94. The first kappa shape index (κ1) is 13.3. The Bertz CT molecular complexity index is 425. The minimum Gasteiger partial charge on any atom is -0.395 e. The van der Waals surface area contributed by atoms with Crippen molar-refractivity contribution < 1.29 is 9.90 Å². The van der Waals surface area contributed by atoms with Crippen molar-refractivity contribution in [1.82, 2.24) is 4.90 Å². The maximum atomic E-state index is 11.9. The van der Waals surface area contributed by atoms with E-state index in [1.54, 1.807) is 24.3 Å². The summed E-state index contributed by atoms with van der Waals surface area (Å²) in [5.74, 6) is -0.0717. The van der Waals surface area contributed by atoms with E-state index in [0.717, 1.165) is 19.4 Å². The van der Waals surface area contributed by atoms with Crippen LogP contribution in [0.3, 0.4) is 0 Å². The van der Waals surface area contributed by atoms with Crippen molar-refractivity contribution in [3.8, 4) is 0 Å². The van der Waals surface area contributed by atoms with Crippen molar-refractivity contribution in [3.05, 3.63) is 29.3 Å². The smallest absolute Gasteiger partial charge is 0.238 e. The first-order chi connectivity index (χ1) is 8.69. The van der Waals surface area contributed by atoms with Crippen LogP contribution in [0, 0.1) is 0 Å². The highest BCUT2D eigenvalue weighted by Crippen LogP contribution is 2.17. The average molecular weight is 269 g/mol. The Morgan fingerprint density at radius 3 is 3.11 bits per heavy atom. The molecule has 1 aliphatic heterocycles. The molecule has 98 valence electrons. The third-order valence-electron chi connectivity index (χ3n) is 3.16. The Hall–Kier alpha value is -1.10. The number of halogens is 1. The van der Waals surface area contributed by atoms with Crippen molar-refractivity contribution >= 4 is 23.2 Å². The predicted molar refractivity (Wildman–Crippen MR) is 71.8 cm³/mol. The van der Waals surface area contributed by atoms with E-state index in [1.165, 1.54) is 0 Å². The molecule has 4 nitrogen and oxygen atoms in total. The van der Waals surface area contributed by atoms with Crippen LogP contribution in [0.4, 0.5) is 5.69 Å². The second-order valence-electron chi connectivity index (χ2n) is 4.51. The van der Waals surface area contributed by atoms with Gasteiger partial charge in [0.25, 0.3) is 0 Å². The van der Waals surface area contributed by atoms with E-state index in [2.05, 4.69) is 5.32 Å². The van der Waals surface area contributed by atoms with Crippen molar-refractivity contribution in [2.75, 3.05) is 25.0 Å². The molecule has 0 radical (unpaired) electrons. The zero-order valence-corrected chi connectivity index (χ0v) is 10.9. The molecule has 0 aromatic heterocycles. The molecule has 1 amide bonds. The summed E-state index contributed by atoms with van der Waals surface area (Å²) < 4.78 is 0. The molecule has 1 atom stereocenters. The van der Waals surface area contributed by atoms with Crippen LogP contribution >= 0.6 is 11.6 Å². The number of hydrogen-bond donors (Lipinski definition) is 2. The van der Waals surface area contributed by atoms with Gasteiger partial charge in [-0.1, -0.05) is 17.7 Å². The van der Waals surface area contributed by atoms with Gasteiger partial charge in [-0.3, -0.25) is 9.69 Å². The molecule has 0 unspecified atom stereocenters. The predicted octanol–water partition coefficient (Wildman–Crippen LogP) is 1.74. The third-order valence-corrected chi connectivity index (χ3v) is 3.40. The fourth-order valence-electron chi connectivity index (χ4n) is 2.26. The lowest BCUT2D eigenvalue weighted by Crippen LogP contribution is -2.38. The van der Waals surface area contributed by atoms with E-state index in [1.807, 2.05) is 4.90 Å². The minimum atomic E-state index is -0.0717. The highest BCUT2D eigenvalue weighted by molar-refractivity contribution is 6.30. The van der Waals surface area contributed by atoms with Gasteiger partial charge in [0, 0.05) is 16.8 Å². The molecular formula is C13H17ClN2O2. The summed E-state index contributed by atoms with van der Waals surface area (Å²) in [4.78, 5) is 13.9. The van der Waals surface area contributed by atoms with Crippen LogP contribution < -0.4 is 5.32 Å². The molecule has 2 rings (SSSR count). The number of nitrogens with zero attached hydrogens (tertiary/aromatic N) is 1. The monoisotopic (exact) mass is 268 g/mol. The standard InChI is InChI=1S/C13H17ClN2O2/c14-10-3-1-4-11(7-10)15-13(18)8-16-6-2-5-12(16)9-17/h1,3-4,7,12,17H,2,5-6,8-9H2,(H,15,18)/t12-/m0/s1. The summed E-state index contributed by atoms with van der Waals surface area (Å²) >= 11 is 5.85. The Morgan fingerprint density at radius 2 is 2.39 bits per heavy atom.